The van der Waals surface area contributed by atoms with Crippen molar-refractivity contribution in [2.45, 2.75) is 32.7 Å². The van der Waals surface area contributed by atoms with E-state index < -0.39 is 0 Å². The third-order valence-corrected chi connectivity index (χ3v) is 1.27. The Kier molecular flexibility index (Phi) is 4.72. The van der Waals surface area contributed by atoms with E-state index in [4.69, 9.17) is 10.8 Å². The third kappa shape index (κ3) is 5.80. The lowest BCUT2D eigenvalue weighted by molar-refractivity contribution is 0.268. The lowest BCUT2D eigenvalue weighted by Crippen LogP contribution is -2.23. The number of aliphatic hydroxyl groups is 1. The zero-order valence-corrected chi connectivity index (χ0v) is 6.30. The number of hydrogen-bond donors (Lipinski definition) is 2. The summed E-state index contributed by atoms with van der Waals surface area (Å²) in [5, 5.41) is 8.47. The Labute approximate surface area is 57.1 Å². The van der Waals surface area contributed by atoms with Crippen LogP contribution >= 0.6 is 0 Å². The van der Waals surface area contributed by atoms with Crippen molar-refractivity contribution < 1.29 is 5.11 Å². The van der Waals surface area contributed by atoms with E-state index in [1.165, 1.54) is 0 Å². The molecule has 0 saturated heterocycles. The molecule has 0 unspecified atom stereocenters. The van der Waals surface area contributed by atoms with E-state index in [1.807, 2.05) is 0 Å². The summed E-state index contributed by atoms with van der Waals surface area (Å²) in [5.74, 6) is 0.645. The van der Waals surface area contributed by atoms with Gasteiger partial charge in [-0.2, -0.15) is 0 Å². The summed E-state index contributed by atoms with van der Waals surface area (Å²) in [6.07, 6.45) is 1.75. The Morgan fingerprint density at radius 3 is 2.33 bits per heavy atom. The van der Waals surface area contributed by atoms with Gasteiger partial charge in [0.2, 0.25) is 0 Å². The van der Waals surface area contributed by atoms with Gasteiger partial charge < -0.3 is 10.8 Å². The number of nitrogens with two attached hydrogens (primary N) is 1. The summed E-state index contributed by atoms with van der Waals surface area (Å²) >= 11 is 0. The minimum absolute atomic E-state index is 0.190. The van der Waals surface area contributed by atoms with Crippen molar-refractivity contribution in [2.75, 3.05) is 6.61 Å². The summed E-state index contributed by atoms with van der Waals surface area (Å²) in [6.45, 7) is 4.49. The SMILES string of the molecule is CC(C)C[C@@H](N)CCO. The lowest BCUT2D eigenvalue weighted by atomic mass is 10.0. The van der Waals surface area contributed by atoms with Crippen LogP contribution < -0.4 is 5.73 Å². The standard InChI is InChI=1S/C7H17NO/c1-6(2)5-7(8)3-4-9/h6-7,9H,3-5,8H2,1-2H3/t7-/m0/s1. The van der Waals surface area contributed by atoms with Crippen LogP contribution in [0.1, 0.15) is 26.7 Å². The quantitative estimate of drug-likeness (QED) is 0.591. The van der Waals surface area contributed by atoms with E-state index in [0.717, 1.165) is 12.8 Å². The molecule has 1 atom stereocenters. The zero-order valence-electron chi connectivity index (χ0n) is 6.30. The van der Waals surface area contributed by atoms with E-state index in [2.05, 4.69) is 13.8 Å². The number of aliphatic hydroxyl groups excluding tert-OH is 1. The van der Waals surface area contributed by atoms with Gasteiger partial charge in [-0.3, -0.25) is 0 Å². The van der Waals surface area contributed by atoms with Crippen molar-refractivity contribution >= 4 is 0 Å². The van der Waals surface area contributed by atoms with Gasteiger partial charge in [-0.05, 0) is 18.8 Å². The molecule has 0 aliphatic rings. The molecule has 0 saturated carbocycles. The normalized spacial score (nSPS) is 14.3. The van der Waals surface area contributed by atoms with Gasteiger partial charge in [0, 0.05) is 12.6 Å². The Balaban J connectivity index is 3.15. The Morgan fingerprint density at radius 1 is 1.44 bits per heavy atom. The summed E-state index contributed by atoms with van der Waals surface area (Å²) in [7, 11) is 0. The van der Waals surface area contributed by atoms with E-state index in [0.29, 0.717) is 5.92 Å². The maximum absolute atomic E-state index is 8.47. The van der Waals surface area contributed by atoms with Gasteiger partial charge >= 0.3 is 0 Å². The Bertz CT molecular complexity index is 63.9. The molecule has 56 valence electrons. The minimum Gasteiger partial charge on any atom is -0.396 e. The van der Waals surface area contributed by atoms with Crippen molar-refractivity contribution in [3.63, 3.8) is 0 Å². The molecule has 0 fully saturated rings. The maximum atomic E-state index is 8.47. The van der Waals surface area contributed by atoms with Crippen molar-refractivity contribution in [2.24, 2.45) is 11.7 Å². The van der Waals surface area contributed by atoms with Crippen LogP contribution in [0.2, 0.25) is 0 Å². The van der Waals surface area contributed by atoms with Crippen LogP contribution in [-0.4, -0.2) is 17.8 Å². The highest BCUT2D eigenvalue weighted by Crippen LogP contribution is 2.04. The molecule has 0 aromatic rings. The van der Waals surface area contributed by atoms with E-state index in [9.17, 15) is 0 Å². The third-order valence-electron chi connectivity index (χ3n) is 1.27. The monoisotopic (exact) mass is 131 g/mol. The van der Waals surface area contributed by atoms with Crippen LogP contribution in [0.25, 0.3) is 0 Å². The van der Waals surface area contributed by atoms with Gasteiger partial charge in [0.15, 0.2) is 0 Å². The van der Waals surface area contributed by atoms with Gasteiger partial charge in [0.1, 0.15) is 0 Å². The summed E-state index contributed by atoms with van der Waals surface area (Å²) in [6, 6.07) is 0.190. The van der Waals surface area contributed by atoms with Gasteiger partial charge in [0.05, 0.1) is 0 Å². The predicted molar refractivity (Wildman–Crippen MR) is 39.1 cm³/mol. The van der Waals surface area contributed by atoms with Crippen LogP contribution in [-0.2, 0) is 0 Å². The molecule has 0 spiro atoms. The molecule has 0 aliphatic heterocycles. The van der Waals surface area contributed by atoms with E-state index in [-0.39, 0.29) is 12.6 Å². The molecule has 9 heavy (non-hydrogen) atoms. The first-order valence-corrected chi connectivity index (χ1v) is 3.53. The molecule has 2 nitrogen and oxygen atoms in total. The second-order valence-corrected chi connectivity index (χ2v) is 2.90. The Morgan fingerprint density at radius 2 is 2.00 bits per heavy atom. The van der Waals surface area contributed by atoms with E-state index >= 15 is 0 Å². The molecule has 0 aromatic heterocycles. The highest BCUT2D eigenvalue weighted by Gasteiger charge is 2.02. The minimum atomic E-state index is 0.190. The lowest BCUT2D eigenvalue weighted by Gasteiger charge is -2.11. The molecule has 0 heterocycles. The van der Waals surface area contributed by atoms with Gasteiger partial charge in [0.25, 0.3) is 0 Å². The van der Waals surface area contributed by atoms with Crippen molar-refractivity contribution in [3.8, 4) is 0 Å². The molecular weight excluding hydrogens is 114 g/mol. The fourth-order valence-corrected chi connectivity index (χ4v) is 0.889. The Hall–Kier alpha value is -0.0800. The van der Waals surface area contributed by atoms with Crippen molar-refractivity contribution in [3.05, 3.63) is 0 Å². The number of hydrogen-bond acceptors (Lipinski definition) is 2. The molecular formula is C7H17NO. The fraction of sp³-hybridized carbons (Fsp3) is 1.00. The summed E-state index contributed by atoms with van der Waals surface area (Å²) < 4.78 is 0. The first kappa shape index (κ1) is 8.92. The largest absolute Gasteiger partial charge is 0.396 e. The average Bonchev–Trinajstić information content (AvgIpc) is 1.63. The smallest absolute Gasteiger partial charge is 0.0445 e. The predicted octanol–water partition coefficient (Wildman–Crippen LogP) is 0.742. The van der Waals surface area contributed by atoms with Crippen molar-refractivity contribution in [1.82, 2.24) is 0 Å². The fourth-order valence-electron chi connectivity index (χ4n) is 0.889. The highest BCUT2D eigenvalue weighted by atomic mass is 16.3. The van der Waals surface area contributed by atoms with Gasteiger partial charge in [-0.1, -0.05) is 13.8 Å². The second kappa shape index (κ2) is 4.77. The maximum Gasteiger partial charge on any atom is 0.0445 e. The molecule has 0 rings (SSSR count). The van der Waals surface area contributed by atoms with E-state index in [1.54, 1.807) is 0 Å². The van der Waals surface area contributed by atoms with Crippen LogP contribution in [0.5, 0.6) is 0 Å². The first-order valence-electron chi connectivity index (χ1n) is 3.53. The molecule has 0 aliphatic carbocycles. The van der Waals surface area contributed by atoms with Crippen LogP contribution in [0.15, 0.2) is 0 Å². The molecule has 0 amide bonds. The second-order valence-electron chi connectivity index (χ2n) is 2.90. The number of rotatable bonds is 4. The van der Waals surface area contributed by atoms with Gasteiger partial charge in [-0.15, -0.1) is 0 Å². The molecule has 2 heteroatoms. The first-order chi connectivity index (χ1) is 4.16. The van der Waals surface area contributed by atoms with Crippen LogP contribution in [0, 0.1) is 5.92 Å². The van der Waals surface area contributed by atoms with Crippen LogP contribution in [0.3, 0.4) is 0 Å². The molecule has 0 aromatic carbocycles. The van der Waals surface area contributed by atoms with Crippen molar-refractivity contribution in [1.29, 1.82) is 0 Å². The molecule has 0 bridgehead atoms. The molecule has 3 N–H and O–H groups in total. The van der Waals surface area contributed by atoms with Crippen LogP contribution in [0.4, 0.5) is 0 Å². The zero-order chi connectivity index (χ0) is 7.28. The summed E-state index contributed by atoms with van der Waals surface area (Å²) in [4.78, 5) is 0. The summed E-state index contributed by atoms with van der Waals surface area (Å²) in [5.41, 5.74) is 5.63. The average molecular weight is 131 g/mol. The topological polar surface area (TPSA) is 46.2 Å². The molecule has 0 radical (unpaired) electrons. The van der Waals surface area contributed by atoms with Gasteiger partial charge in [-0.25, -0.2) is 0 Å². The highest BCUT2D eigenvalue weighted by molar-refractivity contribution is 4.61.